The minimum Gasteiger partial charge on any atom is -0.493 e. The topological polar surface area (TPSA) is 64.3 Å². The van der Waals surface area contributed by atoms with Gasteiger partial charge in [-0.2, -0.15) is 0 Å². The van der Waals surface area contributed by atoms with E-state index >= 15 is 0 Å². The van der Waals surface area contributed by atoms with Crippen molar-refractivity contribution in [1.29, 1.82) is 0 Å². The molecule has 1 aromatic carbocycles. The van der Waals surface area contributed by atoms with E-state index < -0.39 is 0 Å². The molecule has 0 saturated heterocycles. The highest BCUT2D eigenvalue weighted by Crippen LogP contribution is 2.12. The quantitative estimate of drug-likeness (QED) is 0.806. The van der Waals surface area contributed by atoms with Crippen molar-refractivity contribution in [2.45, 2.75) is 32.7 Å². The van der Waals surface area contributed by atoms with Gasteiger partial charge < -0.3 is 15.8 Å². The summed E-state index contributed by atoms with van der Waals surface area (Å²) < 4.78 is 5.51. The van der Waals surface area contributed by atoms with Gasteiger partial charge in [0.05, 0.1) is 13.0 Å². The number of aryl methyl sites for hydroxylation is 1. The van der Waals surface area contributed by atoms with E-state index in [9.17, 15) is 4.79 Å². The van der Waals surface area contributed by atoms with Crippen LogP contribution in [0, 0.1) is 6.92 Å². The number of nitrogens with two attached hydrogens (primary N) is 1. The summed E-state index contributed by atoms with van der Waals surface area (Å²) in [5.74, 6) is 0.749. The van der Waals surface area contributed by atoms with Crippen LogP contribution in [0.4, 0.5) is 0 Å². The first-order valence-corrected chi connectivity index (χ1v) is 6.13. The van der Waals surface area contributed by atoms with Gasteiger partial charge in [0.25, 0.3) is 0 Å². The molecule has 3 N–H and O–H groups in total. The third-order valence-electron chi connectivity index (χ3n) is 2.58. The van der Waals surface area contributed by atoms with E-state index in [1.54, 1.807) is 0 Å². The van der Waals surface area contributed by atoms with Gasteiger partial charge in [-0.3, -0.25) is 4.79 Å². The summed E-state index contributed by atoms with van der Waals surface area (Å²) in [6.45, 7) is 6.58. The van der Waals surface area contributed by atoms with Gasteiger partial charge in [-0.05, 0) is 38.5 Å². The van der Waals surface area contributed by atoms with Crippen LogP contribution in [0.1, 0.15) is 25.8 Å². The summed E-state index contributed by atoms with van der Waals surface area (Å²) in [6.07, 6.45) is 0.331. The Hall–Kier alpha value is -1.55. The average Bonchev–Trinajstić information content (AvgIpc) is 2.28. The molecule has 18 heavy (non-hydrogen) atoms. The molecule has 0 aliphatic heterocycles. The molecule has 0 aliphatic carbocycles. The number of carbonyl (C=O) groups excluding carboxylic acids is 1. The minimum absolute atomic E-state index is 0.0434. The van der Waals surface area contributed by atoms with E-state index in [0.717, 1.165) is 11.3 Å². The molecular weight excluding hydrogens is 228 g/mol. The summed E-state index contributed by atoms with van der Waals surface area (Å²) >= 11 is 0. The SMILES string of the molecule is Cc1cccc(OCCC(=O)NC(C)(C)CN)c1. The maximum absolute atomic E-state index is 11.6. The Morgan fingerprint density at radius 1 is 1.44 bits per heavy atom. The zero-order chi connectivity index (χ0) is 13.6. The number of hydrogen-bond acceptors (Lipinski definition) is 3. The second kappa shape index (κ2) is 6.40. The molecule has 0 fully saturated rings. The zero-order valence-electron chi connectivity index (χ0n) is 11.3. The van der Waals surface area contributed by atoms with Gasteiger partial charge in [0.1, 0.15) is 5.75 Å². The first kappa shape index (κ1) is 14.5. The highest BCUT2D eigenvalue weighted by atomic mass is 16.5. The Morgan fingerprint density at radius 2 is 2.17 bits per heavy atom. The van der Waals surface area contributed by atoms with Gasteiger partial charge in [-0.25, -0.2) is 0 Å². The minimum atomic E-state index is -0.361. The van der Waals surface area contributed by atoms with Crippen LogP contribution in [0.5, 0.6) is 5.75 Å². The van der Waals surface area contributed by atoms with Gasteiger partial charge >= 0.3 is 0 Å². The van der Waals surface area contributed by atoms with Gasteiger partial charge in [0, 0.05) is 12.1 Å². The van der Waals surface area contributed by atoms with Crippen LogP contribution in [0.15, 0.2) is 24.3 Å². The summed E-state index contributed by atoms with van der Waals surface area (Å²) in [5, 5.41) is 2.86. The Kier molecular flexibility index (Phi) is 5.16. The largest absolute Gasteiger partial charge is 0.493 e. The smallest absolute Gasteiger partial charge is 0.223 e. The van der Waals surface area contributed by atoms with Crippen LogP contribution in [0.2, 0.25) is 0 Å². The molecule has 1 aromatic rings. The lowest BCUT2D eigenvalue weighted by Crippen LogP contribution is -2.49. The molecule has 0 spiro atoms. The summed E-state index contributed by atoms with van der Waals surface area (Å²) in [5.41, 5.74) is 6.32. The third kappa shape index (κ3) is 5.19. The lowest BCUT2D eigenvalue weighted by atomic mass is 10.1. The van der Waals surface area contributed by atoms with Gasteiger partial charge in [0.15, 0.2) is 0 Å². The van der Waals surface area contributed by atoms with Crippen molar-refractivity contribution in [2.75, 3.05) is 13.2 Å². The normalized spacial score (nSPS) is 11.1. The molecule has 0 bridgehead atoms. The predicted molar refractivity (Wildman–Crippen MR) is 72.6 cm³/mol. The van der Waals surface area contributed by atoms with Crippen molar-refractivity contribution in [2.24, 2.45) is 5.73 Å². The summed E-state index contributed by atoms with van der Waals surface area (Å²) in [6, 6.07) is 7.77. The van der Waals surface area contributed by atoms with Crippen LogP contribution in [0.25, 0.3) is 0 Å². The number of benzene rings is 1. The van der Waals surface area contributed by atoms with Gasteiger partial charge in [0.2, 0.25) is 5.91 Å². The molecule has 1 amide bonds. The first-order valence-electron chi connectivity index (χ1n) is 6.13. The molecule has 4 heteroatoms. The van der Waals surface area contributed by atoms with Crippen molar-refractivity contribution in [3.63, 3.8) is 0 Å². The van der Waals surface area contributed by atoms with Crippen molar-refractivity contribution in [3.8, 4) is 5.75 Å². The average molecular weight is 250 g/mol. The van der Waals surface area contributed by atoms with Crippen LogP contribution in [-0.2, 0) is 4.79 Å². The number of amides is 1. The molecule has 0 saturated carbocycles. The number of carbonyl (C=O) groups is 1. The van der Waals surface area contributed by atoms with Crippen molar-refractivity contribution in [1.82, 2.24) is 5.32 Å². The monoisotopic (exact) mass is 250 g/mol. The van der Waals surface area contributed by atoms with E-state index in [4.69, 9.17) is 10.5 Å². The van der Waals surface area contributed by atoms with Gasteiger partial charge in [-0.1, -0.05) is 12.1 Å². The van der Waals surface area contributed by atoms with Crippen LogP contribution >= 0.6 is 0 Å². The molecule has 100 valence electrons. The summed E-state index contributed by atoms with van der Waals surface area (Å²) in [7, 11) is 0. The second-order valence-corrected chi connectivity index (χ2v) is 5.05. The lowest BCUT2D eigenvalue weighted by Gasteiger charge is -2.24. The number of ether oxygens (including phenoxy) is 1. The fourth-order valence-corrected chi connectivity index (χ4v) is 1.46. The van der Waals surface area contributed by atoms with Crippen LogP contribution in [0.3, 0.4) is 0 Å². The fourth-order valence-electron chi connectivity index (χ4n) is 1.46. The van der Waals surface area contributed by atoms with E-state index in [0.29, 0.717) is 19.6 Å². The van der Waals surface area contributed by atoms with Crippen molar-refractivity contribution in [3.05, 3.63) is 29.8 Å². The molecule has 0 heterocycles. The zero-order valence-corrected chi connectivity index (χ0v) is 11.3. The Labute approximate surface area is 109 Å². The van der Waals surface area contributed by atoms with E-state index in [-0.39, 0.29) is 11.4 Å². The standard InChI is InChI=1S/C14H22N2O2/c1-11-5-4-6-12(9-11)18-8-7-13(17)16-14(2,3)10-15/h4-6,9H,7-8,10,15H2,1-3H3,(H,16,17). The second-order valence-electron chi connectivity index (χ2n) is 5.05. The van der Waals surface area contributed by atoms with E-state index in [2.05, 4.69) is 5.32 Å². The van der Waals surface area contributed by atoms with Crippen LogP contribution < -0.4 is 15.8 Å². The van der Waals surface area contributed by atoms with E-state index in [1.807, 2.05) is 45.0 Å². The molecular formula is C14H22N2O2. The number of hydrogen-bond donors (Lipinski definition) is 2. The highest BCUT2D eigenvalue weighted by molar-refractivity contribution is 5.76. The highest BCUT2D eigenvalue weighted by Gasteiger charge is 2.17. The Bertz CT molecular complexity index is 403. The molecule has 0 atom stereocenters. The number of rotatable bonds is 6. The Morgan fingerprint density at radius 3 is 2.78 bits per heavy atom. The molecule has 0 aromatic heterocycles. The van der Waals surface area contributed by atoms with E-state index in [1.165, 1.54) is 0 Å². The summed E-state index contributed by atoms with van der Waals surface area (Å²) in [4.78, 5) is 11.6. The fraction of sp³-hybridized carbons (Fsp3) is 0.500. The van der Waals surface area contributed by atoms with Crippen LogP contribution in [-0.4, -0.2) is 24.6 Å². The molecule has 1 rings (SSSR count). The first-order chi connectivity index (χ1) is 8.43. The van der Waals surface area contributed by atoms with Crippen molar-refractivity contribution < 1.29 is 9.53 Å². The third-order valence-corrected chi connectivity index (χ3v) is 2.58. The maximum atomic E-state index is 11.6. The van der Waals surface area contributed by atoms with Crippen molar-refractivity contribution >= 4 is 5.91 Å². The molecule has 0 radical (unpaired) electrons. The Balaban J connectivity index is 2.32. The maximum Gasteiger partial charge on any atom is 0.223 e. The molecule has 0 unspecified atom stereocenters. The predicted octanol–water partition coefficient (Wildman–Crippen LogP) is 1.62. The number of nitrogens with one attached hydrogen (secondary N) is 1. The van der Waals surface area contributed by atoms with Gasteiger partial charge in [-0.15, -0.1) is 0 Å². The molecule has 4 nitrogen and oxygen atoms in total. The lowest BCUT2D eigenvalue weighted by molar-refractivity contribution is -0.123. The molecule has 0 aliphatic rings.